The summed E-state index contributed by atoms with van der Waals surface area (Å²) in [6.45, 7) is 1.85. The molecule has 0 aliphatic heterocycles. The fourth-order valence-corrected chi connectivity index (χ4v) is 2.17. The Morgan fingerprint density at radius 3 is 2.52 bits per heavy atom. The normalized spacial score (nSPS) is 10.5. The lowest BCUT2D eigenvalue weighted by atomic mass is 10.2. The summed E-state index contributed by atoms with van der Waals surface area (Å²) in [5.74, 6) is -1.10. The summed E-state index contributed by atoms with van der Waals surface area (Å²) in [5, 5.41) is 13.2. The summed E-state index contributed by atoms with van der Waals surface area (Å²) in [5.41, 5.74) is 5.15. The highest BCUT2D eigenvalue weighted by Gasteiger charge is 2.09. The van der Waals surface area contributed by atoms with Crippen LogP contribution in [0.15, 0.2) is 35.7 Å². The maximum atomic E-state index is 11.8. The predicted octanol–water partition coefficient (Wildman–Crippen LogP) is 1.83. The standard InChI is InChI=1S/C14H12N4O4S/c1-9-15-11(8-23-9)4-7-13(19)16-17-14(20)10-2-5-12(6-3-10)18(21)22/h2-8H,1H3,(H,16,19)(H,17,20)/b7-4+. The van der Waals surface area contributed by atoms with Gasteiger partial charge < -0.3 is 0 Å². The number of carbonyl (C=O) groups is 2. The van der Waals surface area contributed by atoms with Crippen LogP contribution in [0.3, 0.4) is 0 Å². The molecule has 9 heteroatoms. The van der Waals surface area contributed by atoms with Crippen molar-refractivity contribution >= 4 is 34.9 Å². The molecule has 0 spiro atoms. The van der Waals surface area contributed by atoms with Crippen molar-refractivity contribution in [1.82, 2.24) is 15.8 Å². The van der Waals surface area contributed by atoms with Crippen LogP contribution in [0.5, 0.6) is 0 Å². The number of nitrogens with one attached hydrogen (secondary N) is 2. The summed E-state index contributed by atoms with van der Waals surface area (Å²) in [6.07, 6.45) is 2.77. The number of amides is 2. The zero-order valence-electron chi connectivity index (χ0n) is 12.0. The summed E-state index contributed by atoms with van der Waals surface area (Å²) < 4.78 is 0. The van der Waals surface area contributed by atoms with E-state index >= 15 is 0 Å². The van der Waals surface area contributed by atoms with Gasteiger partial charge in [0.15, 0.2) is 0 Å². The van der Waals surface area contributed by atoms with Crippen molar-refractivity contribution < 1.29 is 14.5 Å². The molecule has 1 aromatic carbocycles. The summed E-state index contributed by atoms with van der Waals surface area (Å²) in [4.78, 5) is 37.5. The molecule has 1 aromatic heterocycles. The number of nitro benzene ring substituents is 1. The number of nitro groups is 1. The molecule has 118 valence electrons. The number of thiazole rings is 1. The van der Waals surface area contributed by atoms with Crippen LogP contribution in [-0.2, 0) is 4.79 Å². The lowest BCUT2D eigenvalue weighted by Gasteiger charge is -2.04. The third-order valence-corrected chi connectivity index (χ3v) is 3.47. The zero-order chi connectivity index (χ0) is 16.8. The van der Waals surface area contributed by atoms with Crippen LogP contribution < -0.4 is 10.9 Å². The van der Waals surface area contributed by atoms with Gasteiger partial charge in [-0.05, 0) is 25.1 Å². The average Bonchev–Trinajstić information content (AvgIpc) is 2.96. The Morgan fingerprint density at radius 2 is 1.96 bits per heavy atom. The first-order valence-corrected chi connectivity index (χ1v) is 7.28. The molecule has 0 atom stereocenters. The molecule has 0 saturated heterocycles. The number of aromatic nitrogens is 1. The Labute approximate surface area is 135 Å². The number of benzene rings is 1. The lowest BCUT2D eigenvalue weighted by molar-refractivity contribution is -0.384. The third-order valence-electron chi connectivity index (χ3n) is 2.68. The molecule has 0 radical (unpaired) electrons. The van der Waals surface area contributed by atoms with Crippen molar-refractivity contribution in [2.24, 2.45) is 0 Å². The Morgan fingerprint density at radius 1 is 1.26 bits per heavy atom. The molecule has 0 saturated carbocycles. The Bertz CT molecular complexity index is 767. The van der Waals surface area contributed by atoms with Crippen LogP contribution in [0.2, 0.25) is 0 Å². The number of aryl methyl sites for hydroxylation is 1. The van der Waals surface area contributed by atoms with E-state index in [1.54, 1.807) is 5.38 Å². The van der Waals surface area contributed by atoms with E-state index in [1.165, 1.54) is 47.8 Å². The number of non-ortho nitro benzene ring substituents is 1. The molecule has 2 amide bonds. The first-order valence-electron chi connectivity index (χ1n) is 6.40. The molecule has 23 heavy (non-hydrogen) atoms. The van der Waals surface area contributed by atoms with Gasteiger partial charge in [0.2, 0.25) is 0 Å². The van der Waals surface area contributed by atoms with Gasteiger partial charge in [0, 0.05) is 29.2 Å². The monoisotopic (exact) mass is 332 g/mol. The maximum Gasteiger partial charge on any atom is 0.269 e. The van der Waals surface area contributed by atoms with E-state index in [0.717, 1.165) is 5.01 Å². The van der Waals surface area contributed by atoms with Gasteiger partial charge in [0.1, 0.15) is 0 Å². The van der Waals surface area contributed by atoms with Crippen LogP contribution in [0, 0.1) is 17.0 Å². The molecule has 8 nitrogen and oxygen atoms in total. The molecular formula is C14H12N4O4S. The molecule has 2 aromatic rings. The van der Waals surface area contributed by atoms with E-state index in [1.807, 2.05) is 6.92 Å². The van der Waals surface area contributed by atoms with Crippen molar-refractivity contribution in [3.8, 4) is 0 Å². The van der Waals surface area contributed by atoms with E-state index in [-0.39, 0.29) is 11.3 Å². The topological polar surface area (TPSA) is 114 Å². The first kappa shape index (κ1) is 16.3. The Hall–Kier alpha value is -3.07. The van der Waals surface area contributed by atoms with Gasteiger partial charge in [0.05, 0.1) is 15.6 Å². The minimum Gasteiger partial charge on any atom is -0.268 e. The van der Waals surface area contributed by atoms with Crippen LogP contribution >= 0.6 is 11.3 Å². The minimum absolute atomic E-state index is 0.118. The van der Waals surface area contributed by atoms with Crippen LogP contribution in [0.1, 0.15) is 21.1 Å². The fraction of sp³-hybridized carbons (Fsp3) is 0.0714. The van der Waals surface area contributed by atoms with Gasteiger partial charge in [0.25, 0.3) is 17.5 Å². The second-order valence-electron chi connectivity index (χ2n) is 4.37. The van der Waals surface area contributed by atoms with E-state index in [4.69, 9.17) is 0 Å². The number of carbonyl (C=O) groups excluding carboxylic acids is 2. The van der Waals surface area contributed by atoms with Gasteiger partial charge in [-0.25, -0.2) is 4.98 Å². The molecular weight excluding hydrogens is 320 g/mol. The molecule has 2 N–H and O–H groups in total. The number of nitrogens with zero attached hydrogens (tertiary/aromatic N) is 2. The fourth-order valence-electron chi connectivity index (χ4n) is 1.58. The van der Waals surface area contributed by atoms with Crippen molar-refractivity contribution in [3.63, 3.8) is 0 Å². The minimum atomic E-state index is -0.578. The van der Waals surface area contributed by atoms with Gasteiger partial charge >= 0.3 is 0 Å². The lowest BCUT2D eigenvalue weighted by Crippen LogP contribution is -2.40. The average molecular weight is 332 g/mol. The van der Waals surface area contributed by atoms with Gasteiger partial charge in [-0.3, -0.25) is 30.6 Å². The molecule has 0 aliphatic rings. The second kappa shape index (κ2) is 7.27. The number of hydrazine groups is 1. The number of rotatable bonds is 4. The molecule has 2 rings (SSSR count). The molecule has 0 bridgehead atoms. The molecule has 1 heterocycles. The van der Waals surface area contributed by atoms with Crippen molar-refractivity contribution in [2.75, 3.05) is 0 Å². The van der Waals surface area contributed by atoms with Crippen LogP contribution in [0.25, 0.3) is 6.08 Å². The Kier molecular flexibility index (Phi) is 5.15. The van der Waals surface area contributed by atoms with Gasteiger partial charge in [-0.1, -0.05) is 0 Å². The summed E-state index contributed by atoms with van der Waals surface area (Å²) >= 11 is 1.46. The van der Waals surface area contributed by atoms with Gasteiger partial charge in [-0.15, -0.1) is 11.3 Å². The first-order chi connectivity index (χ1) is 11.0. The highest BCUT2D eigenvalue weighted by molar-refractivity contribution is 7.09. The quantitative estimate of drug-likeness (QED) is 0.503. The molecule has 0 aliphatic carbocycles. The van der Waals surface area contributed by atoms with Crippen LogP contribution in [0.4, 0.5) is 5.69 Å². The van der Waals surface area contributed by atoms with Crippen molar-refractivity contribution in [2.45, 2.75) is 6.92 Å². The van der Waals surface area contributed by atoms with E-state index in [9.17, 15) is 19.7 Å². The molecule has 0 unspecified atom stereocenters. The summed E-state index contributed by atoms with van der Waals surface area (Å²) in [6, 6.07) is 5.02. The van der Waals surface area contributed by atoms with Crippen molar-refractivity contribution in [3.05, 3.63) is 62.1 Å². The highest BCUT2D eigenvalue weighted by atomic mass is 32.1. The largest absolute Gasteiger partial charge is 0.269 e. The third kappa shape index (κ3) is 4.71. The Balaban J connectivity index is 1.87. The second-order valence-corrected chi connectivity index (χ2v) is 5.43. The van der Waals surface area contributed by atoms with Crippen molar-refractivity contribution in [1.29, 1.82) is 0 Å². The predicted molar refractivity (Wildman–Crippen MR) is 84.6 cm³/mol. The van der Waals surface area contributed by atoms with Gasteiger partial charge in [-0.2, -0.15) is 0 Å². The highest BCUT2D eigenvalue weighted by Crippen LogP contribution is 2.11. The molecule has 0 fully saturated rings. The smallest absolute Gasteiger partial charge is 0.268 e. The zero-order valence-corrected chi connectivity index (χ0v) is 12.8. The van der Waals surface area contributed by atoms with Crippen LogP contribution in [-0.4, -0.2) is 21.7 Å². The summed E-state index contributed by atoms with van der Waals surface area (Å²) in [7, 11) is 0. The van der Waals surface area contributed by atoms with E-state index in [2.05, 4.69) is 15.8 Å². The number of hydrogen-bond donors (Lipinski definition) is 2. The van der Waals surface area contributed by atoms with E-state index < -0.39 is 16.7 Å². The number of hydrogen-bond acceptors (Lipinski definition) is 6. The van der Waals surface area contributed by atoms with E-state index in [0.29, 0.717) is 5.69 Å². The maximum absolute atomic E-state index is 11.8. The SMILES string of the molecule is Cc1nc(/C=C/C(=O)NNC(=O)c2ccc([N+](=O)[O-])cc2)cs1.